The molecule has 0 N–H and O–H groups in total. The van der Waals surface area contributed by atoms with Crippen molar-refractivity contribution in [1.82, 2.24) is 0 Å². The Morgan fingerprint density at radius 1 is 0.867 bits per heavy atom. The Hall–Kier alpha value is -0.670. The number of rotatable bonds is 3. The highest BCUT2D eigenvalue weighted by molar-refractivity contribution is 4.82. The summed E-state index contributed by atoms with van der Waals surface area (Å²) in [6.45, 7) is -2.73. The molecule has 10 heteroatoms. The molecule has 0 radical (unpaired) electrons. The molecule has 0 fully saturated rings. The molecular weight excluding hydrogens is 247 g/mol. The van der Waals surface area contributed by atoms with Gasteiger partial charge in [-0.3, -0.25) is 4.74 Å². The maximum absolute atomic E-state index is 12.1. The summed E-state index contributed by atoms with van der Waals surface area (Å²) >= 11 is 0. The molecule has 15 heavy (non-hydrogen) atoms. The molecule has 92 valence electrons. The number of hydrogen-bond donors (Lipinski definition) is 0. The van der Waals surface area contributed by atoms with Gasteiger partial charge in [-0.2, -0.15) is 13.2 Å². The molecule has 0 spiro atoms. The van der Waals surface area contributed by atoms with Crippen LogP contribution < -0.4 is 0 Å². The Bertz CT molecular complexity index is 204. The third-order valence-corrected chi connectivity index (χ3v) is 1.09. The molecule has 0 aromatic carbocycles. The second kappa shape index (κ2) is 4.06. The molecule has 0 heterocycles. The van der Waals surface area contributed by atoms with Gasteiger partial charge < -0.3 is 0 Å². The SMILES string of the molecule is FC(C(F)(F)F)C(F)(F)COC(F)(F)F. The highest BCUT2D eigenvalue weighted by atomic mass is 19.4. The summed E-state index contributed by atoms with van der Waals surface area (Å²) in [7, 11) is 0. The van der Waals surface area contributed by atoms with Gasteiger partial charge >= 0.3 is 18.5 Å². The lowest BCUT2D eigenvalue weighted by atomic mass is 10.2. The maximum Gasteiger partial charge on any atom is 0.522 e. The summed E-state index contributed by atoms with van der Waals surface area (Å²) in [5, 5.41) is 0. The molecule has 0 rings (SSSR count). The van der Waals surface area contributed by atoms with Crippen molar-refractivity contribution >= 4 is 0 Å². The van der Waals surface area contributed by atoms with Crippen LogP contribution in [0.3, 0.4) is 0 Å². The monoisotopic (exact) mass is 250 g/mol. The van der Waals surface area contributed by atoms with Crippen LogP contribution in [-0.4, -0.2) is 31.2 Å². The minimum Gasteiger partial charge on any atom is -0.285 e. The van der Waals surface area contributed by atoms with E-state index in [0.717, 1.165) is 0 Å². The Labute approximate surface area is 76.8 Å². The first kappa shape index (κ1) is 14.3. The molecule has 1 unspecified atom stereocenters. The van der Waals surface area contributed by atoms with Gasteiger partial charge in [-0.25, -0.2) is 13.2 Å². The van der Waals surface area contributed by atoms with Crippen molar-refractivity contribution in [3.05, 3.63) is 0 Å². The fraction of sp³-hybridized carbons (Fsp3) is 1.00. The Morgan fingerprint density at radius 3 is 1.53 bits per heavy atom. The van der Waals surface area contributed by atoms with Crippen LogP contribution in [0, 0.1) is 0 Å². The third-order valence-electron chi connectivity index (χ3n) is 1.09. The van der Waals surface area contributed by atoms with Gasteiger partial charge in [0.25, 0.3) is 6.17 Å². The highest BCUT2D eigenvalue weighted by Gasteiger charge is 2.58. The highest BCUT2D eigenvalue weighted by Crippen LogP contribution is 2.36. The van der Waals surface area contributed by atoms with Crippen molar-refractivity contribution in [2.45, 2.75) is 24.6 Å². The zero-order valence-electron chi connectivity index (χ0n) is 6.59. The van der Waals surface area contributed by atoms with E-state index in [1.54, 1.807) is 0 Å². The first-order chi connectivity index (χ1) is 6.36. The molecule has 0 saturated heterocycles. The molecule has 0 aliphatic heterocycles. The van der Waals surface area contributed by atoms with Gasteiger partial charge in [-0.05, 0) is 0 Å². The summed E-state index contributed by atoms with van der Waals surface area (Å²) in [6.07, 6.45) is -16.2. The van der Waals surface area contributed by atoms with Crippen LogP contribution in [0.5, 0.6) is 0 Å². The van der Waals surface area contributed by atoms with Gasteiger partial charge in [-0.15, -0.1) is 13.2 Å². The smallest absolute Gasteiger partial charge is 0.285 e. The standard InChI is InChI=1S/C5H3F9O/c6-2(4(9,10)11)3(7,8)1-15-5(12,13)14/h2H,1H2. The van der Waals surface area contributed by atoms with E-state index in [-0.39, 0.29) is 0 Å². The molecule has 0 bridgehead atoms. The van der Waals surface area contributed by atoms with E-state index in [9.17, 15) is 39.5 Å². The van der Waals surface area contributed by atoms with E-state index in [2.05, 4.69) is 4.74 Å². The molecule has 0 aromatic heterocycles. The fourth-order valence-corrected chi connectivity index (χ4v) is 0.491. The van der Waals surface area contributed by atoms with Crippen LogP contribution >= 0.6 is 0 Å². The summed E-state index contributed by atoms with van der Waals surface area (Å²) in [4.78, 5) is 0. The van der Waals surface area contributed by atoms with E-state index in [4.69, 9.17) is 0 Å². The van der Waals surface area contributed by atoms with Gasteiger partial charge in [0.05, 0.1) is 0 Å². The molecule has 0 amide bonds. The van der Waals surface area contributed by atoms with Crippen molar-refractivity contribution in [2.75, 3.05) is 6.61 Å². The lowest BCUT2D eigenvalue weighted by Crippen LogP contribution is -2.45. The van der Waals surface area contributed by atoms with Crippen LogP contribution in [0.4, 0.5) is 39.5 Å². The van der Waals surface area contributed by atoms with Crippen LogP contribution in [0.15, 0.2) is 0 Å². The number of hydrogen-bond acceptors (Lipinski definition) is 1. The van der Waals surface area contributed by atoms with Gasteiger partial charge in [0.2, 0.25) is 0 Å². The average Bonchev–Trinajstić information content (AvgIpc) is 1.97. The summed E-state index contributed by atoms with van der Waals surface area (Å²) in [5.41, 5.74) is 0. The molecule has 0 saturated carbocycles. The summed E-state index contributed by atoms with van der Waals surface area (Å²) in [5.74, 6) is -5.28. The maximum atomic E-state index is 12.1. The fourth-order valence-electron chi connectivity index (χ4n) is 0.491. The Balaban J connectivity index is 4.43. The van der Waals surface area contributed by atoms with Gasteiger partial charge in [0.15, 0.2) is 0 Å². The largest absolute Gasteiger partial charge is 0.522 e. The average molecular weight is 250 g/mol. The summed E-state index contributed by atoms with van der Waals surface area (Å²) in [6, 6.07) is 0. The Morgan fingerprint density at radius 2 is 1.27 bits per heavy atom. The lowest BCUT2D eigenvalue weighted by molar-refractivity contribution is -0.353. The van der Waals surface area contributed by atoms with E-state index in [1.807, 2.05) is 0 Å². The van der Waals surface area contributed by atoms with E-state index in [0.29, 0.717) is 0 Å². The number of ether oxygens (including phenoxy) is 1. The number of alkyl halides is 9. The van der Waals surface area contributed by atoms with Crippen LogP contribution in [0.1, 0.15) is 0 Å². The quantitative estimate of drug-likeness (QED) is 0.699. The zero-order chi connectivity index (χ0) is 12.5. The van der Waals surface area contributed by atoms with Crippen molar-refractivity contribution in [3.8, 4) is 0 Å². The molecule has 0 aliphatic carbocycles. The molecule has 1 nitrogen and oxygen atoms in total. The normalized spacial score (nSPS) is 16.6. The topological polar surface area (TPSA) is 9.23 Å². The van der Waals surface area contributed by atoms with Gasteiger partial charge in [0, 0.05) is 0 Å². The predicted molar refractivity (Wildman–Crippen MR) is 27.9 cm³/mol. The summed E-state index contributed by atoms with van der Waals surface area (Å²) < 4.78 is 106. The third kappa shape index (κ3) is 5.09. The second-order valence-electron chi connectivity index (χ2n) is 2.40. The molecular formula is C5H3F9O. The van der Waals surface area contributed by atoms with Crippen molar-refractivity contribution in [1.29, 1.82) is 0 Å². The zero-order valence-corrected chi connectivity index (χ0v) is 6.59. The first-order valence-corrected chi connectivity index (χ1v) is 3.15. The van der Waals surface area contributed by atoms with Gasteiger partial charge in [-0.1, -0.05) is 0 Å². The lowest BCUT2D eigenvalue weighted by Gasteiger charge is -2.22. The van der Waals surface area contributed by atoms with E-state index < -0.39 is 31.2 Å². The molecule has 1 atom stereocenters. The number of halogens is 9. The minimum absolute atomic E-state index is 2.42. The first-order valence-electron chi connectivity index (χ1n) is 3.15. The van der Waals surface area contributed by atoms with Crippen molar-refractivity contribution in [2.24, 2.45) is 0 Å². The van der Waals surface area contributed by atoms with Crippen molar-refractivity contribution < 1.29 is 44.3 Å². The van der Waals surface area contributed by atoms with Gasteiger partial charge in [0.1, 0.15) is 6.61 Å². The molecule has 0 aromatic rings. The minimum atomic E-state index is -5.95. The van der Waals surface area contributed by atoms with Crippen LogP contribution in [-0.2, 0) is 4.74 Å². The van der Waals surface area contributed by atoms with Crippen LogP contribution in [0.2, 0.25) is 0 Å². The predicted octanol–water partition coefficient (Wildman–Crippen LogP) is 3.06. The molecule has 0 aliphatic rings. The van der Waals surface area contributed by atoms with Crippen molar-refractivity contribution in [3.63, 3.8) is 0 Å². The second-order valence-corrected chi connectivity index (χ2v) is 2.40. The van der Waals surface area contributed by atoms with Crippen LogP contribution in [0.25, 0.3) is 0 Å². The van der Waals surface area contributed by atoms with E-state index >= 15 is 0 Å². The van der Waals surface area contributed by atoms with E-state index in [1.165, 1.54) is 0 Å². The Kier molecular flexibility index (Phi) is 3.88.